The lowest BCUT2D eigenvalue weighted by Crippen LogP contribution is -2.50. The van der Waals surface area contributed by atoms with Gasteiger partial charge in [-0.05, 0) is 25.8 Å². The summed E-state index contributed by atoms with van der Waals surface area (Å²) < 4.78 is 5.86. The monoisotopic (exact) mass is 222 g/mol. The molecule has 0 spiro atoms. The molecule has 2 aliphatic heterocycles. The number of fused-ring (bicyclic) bond motifs is 1. The summed E-state index contributed by atoms with van der Waals surface area (Å²) in [7, 11) is 0. The van der Waals surface area contributed by atoms with Gasteiger partial charge in [0.1, 0.15) is 0 Å². The second-order valence-electron chi connectivity index (χ2n) is 4.78. The van der Waals surface area contributed by atoms with Crippen LogP contribution < -0.4 is 5.32 Å². The highest BCUT2D eigenvalue weighted by molar-refractivity contribution is 4.98. The highest BCUT2D eigenvalue weighted by atomic mass is 16.5. The molecule has 0 amide bonds. The molecular formula is C13H22N2O. The maximum Gasteiger partial charge on any atom is 0.0827 e. The molecule has 3 unspecified atom stereocenters. The van der Waals surface area contributed by atoms with Gasteiger partial charge in [0.2, 0.25) is 0 Å². The molecule has 2 heterocycles. The van der Waals surface area contributed by atoms with Crippen LogP contribution >= 0.6 is 0 Å². The standard InChI is InChI=1S/C13H22N2O/c1-3-11(4-2)14-8-13-9-15-7-5-6-12(15)10-16-13/h1,11-14H,4-10H2,2H3. The summed E-state index contributed by atoms with van der Waals surface area (Å²) in [5.74, 6) is 2.76. The van der Waals surface area contributed by atoms with Gasteiger partial charge in [0.15, 0.2) is 0 Å². The van der Waals surface area contributed by atoms with Gasteiger partial charge in [-0.25, -0.2) is 0 Å². The molecule has 0 saturated carbocycles. The fourth-order valence-corrected chi connectivity index (χ4v) is 2.60. The van der Waals surface area contributed by atoms with E-state index in [0.29, 0.717) is 12.1 Å². The molecule has 90 valence electrons. The van der Waals surface area contributed by atoms with E-state index in [1.807, 2.05) is 0 Å². The smallest absolute Gasteiger partial charge is 0.0827 e. The van der Waals surface area contributed by atoms with Crippen LogP contribution in [0.3, 0.4) is 0 Å². The molecule has 0 aromatic carbocycles. The predicted molar refractivity (Wildman–Crippen MR) is 65.2 cm³/mol. The first-order valence-corrected chi connectivity index (χ1v) is 6.38. The molecule has 3 heteroatoms. The van der Waals surface area contributed by atoms with Crippen LogP contribution in [0, 0.1) is 12.3 Å². The van der Waals surface area contributed by atoms with Crippen molar-refractivity contribution in [3.63, 3.8) is 0 Å². The van der Waals surface area contributed by atoms with Crippen LogP contribution in [0.25, 0.3) is 0 Å². The summed E-state index contributed by atoms with van der Waals surface area (Å²) >= 11 is 0. The van der Waals surface area contributed by atoms with Gasteiger partial charge in [-0.1, -0.05) is 12.8 Å². The van der Waals surface area contributed by atoms with Gasteiger partial charge in [0.25, 0.3) is 0 Å². The Bertz CT molecular complexity index is 261. The van der Waals surface area contributed by atoms with E-state index < -0.39 is 0 Å². The summed E-state index contributed by atoms with van der Waals surface area (Å²) in [6.45, 7) is 6.20. The molecule has 1 N–H and O–H groups in total. The fraction of sp³-hybridized carbons (Fsp3) is 0.846. The molecule has 3 atom stereocenters. The second kappa shape index (κ2) is 5.67. The Labute approximate surface area is 98.5 Å². The number of nitrogens with one attached hydrogen (secondary N) is 1. The highest BCUT2D eigenvalue weighted by Crippen LogP contribution is 2.22. The Morgan fingerprint density at radius 1 is 1.62 bits per heavy atom. The number of morpholine rings is 1. The minimum absolute atomic E-state index is 0.194. The van der Waals surface area contributed by atoms with Crippen molar-refractivity contribution >= 4 is 0 Å². The van der Waals surface area contributed by atoms with Crippen molar-refractivity contribution in [2.75, 3.05) is 26.2 Å². The summed E-state index contributed by atoms with van der Waals surface area (Å²) in [6.07, 6.45) is 9.36. The van der Waals surface area contributed by atoms with Crippen molar-refractivity contribution < 1.29 is 4.74 Å². The average molecular weight is 222 g/mol. The van der Waals surface area contributed by atoms with Crippen molar-refractivity contribution in [3.8, 4) is 12.3 Å². The molecule has 0 aromatic heterocycles. The molecule has 0 radical (unpaired) electrons. The molecule has 0 bridgehead atoms. The van der Waals surface area contributed by atoms with Crippen molar-refractivity contribution in [2.24, 2.45) is 0 Å². The summed E-state index contributed by atoms with van der Waals surface area (Å²) in [6, 6.07) is 0.880. The predicted octanol–water partition coefficient (Wildman–Crippen LogP) is 0.851. The van der Waals surface area contributed by atoms with Crippen molar-refractivity contribution in [1.29, 1.82) is 0 Å². The summed E-state index contributed by atoms with van der Waals surface area (Å²) in [5.41, 5.74) is 0. The maximum atomic E-state index is 5.86. The first-order valence-electron chi connectivity index (χ1n) is 6.38. The molecule has 0 aliphatic carbocycles. The van der Waals surface area contributed by atoms with Gasteiger partial charge in [0.05, 0.1) is 18.8 Å². The van der Waals surface area contributed by atoms with Crippen LogP contribution in [-0.2, 0) is 4.74 Å². The largest absolute Gasteiger partial charge is 0.374 e. The SMILES string of the molecule is C#CC(CC)NCC1CN2CCCC2CO1. The molecule has 2 saturated heterocycles. The maximum absolute atomic E-state index is 5.86. The Morgan fingerprint density at radius 3 is 3.25 bits per heavy atom. The van der Waals surface area contributed by atoms with Gasteiger partial charge in [-0.2, -0.15) is 0 Å². The number of hydrogen-bond donors (Lipinski definition) is 1. The zero-order chi connectivity index (χ0) is 11.4. The summed E-state index contributed by atoms with van der Waals surface area (Å²) in [4.78, 5) is 2.56. The number of hydrogen-bond acceptors (Lipinski definition) is 3. The minimum atomic E-state index is 0.194. The Morgan fingerprint density at radius 2 is 2.50 bits per heavy atom. The van der Waals surface area contributed by atoms with Crippen molar-refractivity contribution in [1.82, 2.24) is 10.2 Å². The van der Waals surface area contributed by atoms with Crippen LogP contribution in [-0.4, -0.2) is 49.3 Å². The zero-order valence-electron chi connectivity index (χ0n) is 10.1. The second-order valence-corrected chi connectivity index (χ2v) is 4.78. The van der Waals surface area contributed by atoms with Crippen molar-refractivity contribution in [2.45, 2.75) is 44.4 Å². The van der Waals surface area contributed by atoms with Gasteiger partial charge in [-0.3, -0.25) is 4.90 Å². The lowest BCUT2D eigenvalue weighted by Gasteiger charge is -2.35. The third-order valence-corrected chi connectivity index (χ3v) is 3.66. The summed E-state index contributed by atoms with van der Waals surface area (Å²) in [5, 5.41) is 3.38. The van der Waals surface area contributed by atoms with E-state index >= 15 is 0 Å². The van der Waals surface area contributed by atoms with Gasteiger partial charge < -0.3 is 10.1 Å². The van der Waals surface area contributed by atoms with Gasteiger partial charge >= 0.3 is 0 Å². The molecular weight excluding hydrogens is 200 g/mol. The average Bonchev–Trinajstić information content (AvgIpc) is 2.77. The van der Waals surface area contributed by atoms with Crippen molar-refractivity contribution in [3.05, 3.63) is 0 Å². The Kier molecular flexibility index (Phi) is 4.22. The molecule has 3 nitrogen and oxygen atoms in total. The first-order chi connectivity index (χ1) is 7.83. The van der Waals surface area contributed by atoms with E-state index in [4.69, 9.17) is 11.2 Å². The number of terminal acetylenes is 1. The number of ether oxygens (including phenoxy) is 1. The molecule has 0 aromatic rings. The van der Waals surface area contributed by atoms with Gasteiger partial charge in [-0.15, -0.1) is 6.42 Å². The van der Waals surface area contributed by atoms with Crippen LogP contribution in [0.1, 0.15) is 26.2 Å². The Hall–Kier alpha value is -0.560. The minimum Gasteiger partial charge on any atom is -0.374 e. The molecule has 2 fully saturated rings. The van der Waals surface area contributed by atoms with Gasteiger partial charge in [0, 0.05) is 19.1 Å². The molecule has 2 rings (SSSR count). The number of nitrogens with zero attached hydrogens (tertiary/aromatic N) is 1. The van der Waals surface area contributed by atoms with E-state index in [1.165, 1.54) is 19.4 Å². The van der Waals surface area contributed by atoms with Crippen LogP contribution in [0.15, 0.2) is 0 Å². The normalized spacial score (nSPS) is 32.0. The third-order valence-electron chi connectivity index (χ3n) is 3.66. The van der Waals surface area contributed by atoms with E-state index in [9.17, 15) is 0 Å². The van der Waals surface area contributed by atoms with E-state index in [0.717, 1.165) is 26.1 Å². The molecule has 16 heavy (non-hydrogen) atoms. The van der Waals surface area contributed by atoms with E-state index in [1.54, 1.807) is 0 Å². The van der Waals surface area contributed by atoms with Crippen LogP contribution in [0.5, 0.6) is 0 Å². The fourth-order valence-electron chi connectivity index (χ4n) is 2.60. The molecule has 2 aliphatic rings. The van der Waals surface area contributed by atoms with Crippen LogP contribution in [0.2, 0.25) is 0 Å². The zero-order valence-corrected chi connectivity index (χ0v) is 10.1. The highest BCUT2D eigenvalue weighted by Gasteiger charge is 2.31. The topological polar surface area (TPSA) is 24.5 Å². The van der Waals surface area contributed by atoms with E-state index in [2.05, 4.69) is 23.1 Å². The lowest BCUT2D eigenvalue weighted by molar-refractivity contribution is -0.0473. The third kappa shape index (κ3) is 2.76. The first kappa shape index (κ1) is 11.9. The van der Waals surface area contributed by atoms with E-state index in [-0.39, 0.29) is 6.04 Å². The lowest BCUT2D eigenvalue weighted by atomic mass is 10.1. The quantitative estimate of drug-likeness (QED) is 0.714. The Balaban J connectivity index is 1.73. The number of rotatable bonds is 4. The van der Waals surface area contributed by atoms with Crippen LogP contribution in [0.4, 0.5) is 0 Å².